The molecule has 0 aliphatic carbocycles. The minimum absolute atomic E-state index is 0.474. The summed E-state index contributed by atoms with van der Waals surface area (Å²) in [7, 11) is 0. The second-order valence-corrected chi connectivity index (χ2v) is 5.32. The van der Waals surface area contributed by atoms with E-state index in [1.165, 1.54) is 0 Å². The summed E-state index contributed by atoms with van der Waals surface area (Å²) in [6.45, 7) is 0. The second-order valence-electron chi connectivity index (χ2n) is 4.91. The van der Waals surface area contributed by atoms with E-state index in [0.717, 1.165) is 22.3 Å². The van der Waals surface area contributed by atoms with Gasteiger partial charge in [-0.25, -0.2) is 15.0 Å². The molecule has 0 aliphatic heterocycles. The fourth-order valence-corrected chi connectivity index (χ4v) is 2.56. The topological polar surface area (TPSA) is 66.5 Å². The van der Waals surface area contributed by atoms with Crippen LogP contribution in [-0.2, 0) is 0 Å². The van der Waals surface area contributed by atoms with E-state index >= 15 is 0 Å². The minimum Gasteiger partial charge on any atom is -0.345 e. The van der Waals surface area contributed by atoms with Gasteiger partial charge >= 0.3 is 0 Å². The van der Waals surface area contributed by atoms with Crippen LogP contribution >= 0.6 is 11.6 Å². The van der Waals surface area contributed by atoms with Crippen molar-refractivity contribution in [3.63, 3.8) is 0 Å². The first-order chi connectivity index (χ1) is 11.3. The first kappa shape index (κ1) is 13.7. The van der Waals surface area contributed by atoms with E-state index < -0.39 is 0 Å². The number of aromatic amines is 1. The number of benzene rings is 1. The molecule has 0 fully saturated rings. The lowest BCUT2D eigenvalue weighted by molar-refractivity contribution is 1.17. The van der Waals surface area contributed by atoms with Crippen LogP contribution in [0, 0.1) is 6.07 Å². The van der Waals surface area contributed by atoms with Crippen molar-refractivity contribution in [2.24, 2.45) is 0 Å². The van der Waals surface area contributed by atoms with Gasteiger partial charge in [0.1, 0.15) is 5.65 Å². The third-order valence-corrected chi connectivity index (χ3v) is 3.69. The molecule has 1 aromatic carbocycles. The van der Waals surface area contributed by atoms with Crippen LogP contribution in [0.15, 0.2) is 55.0 Å². The van der Waals surface area contributed by atoms with Crippen molar-refractivity contribution in [1.29, 1.82) is 0 Å². The Morgan fingerprint density at radius 1 is 1.17 bits per heavy atom. The standard InChI is InChI=1S/C17H11ClN5/c18-14-10-21-17(22-11-5-2-1-3-6-11)23-15(14)13-9-20-16-12(13)7-4-8-19-16/h1-2,4-10H,(H,19,20)(H,21,22,23). The summed E-state index contributed by atoms with van der Waals surface area (Å²) >= 11 is 6.30. The number of halogens is 1. The van der Waals surface area contributed by atoms with E-state index in [1.54, 1.807) is 12.4 Å². The van der Waals surface area contributed by atoms with Gasteiger partial charge < -0.3 is 10.3 Å². The van der Waals surface area contributed by atoms with Crippen molar-refractivity contribution < 1.29 is 0 Å². The molecule has 0 atom stereocenters. The Morgan fingerprint density at radius 2 is 2.13 bits per heavy atom. The minimum atomic E-state index is 0.474. The molecule has 0 saturated carbocycles. The number of fused-ring (bicyclic) bond motifs is 1. The SMILES string of the molecule is Clc1cnc(Nc2c[c]ccc2)nc1-c1c[nH]c2ncccc12. The number of nitrogens with zero attached hydrogens (tertiary/aromatic N) is 3. The fraction of sp³-hybridized carbons (Fsp3) is 0. The summed E-state index contributed by atoms with van der Waals surface area (Å²) in [4.78, 5) is 16.2. The molecule has 23 heavy (non-hydrogen) atoms. The summed E-state index contributed by atoms with van der Waals surface area (Å²) < 4.78 is 0. The van der Waals surface area contributed by atoms with Crippen LogP contribution in [0.2, 0.25) is 5.02 Å². The van der Waals surface area contributed by atoms with Crippen molar-refractivity contribution >= 4 is 34.3 Å². The van der Waals surface area contributed by atoms with Crippen molar-refractivity contribution in [2.75, 3.05) is 5.32 Å². The lowest BCUT2D eigenvalue weighted by Crippen LogP contribution is -1.98. The van der Waals surface area contributed by atoms with Crippen LogP contribution in [0.1, 0.15) is 0 Å². The molecule has 0 saturated heterocycles. The monoisotopic (exact) mass is 320 g/mol. The van der Waals surface area contributed by atoms with Gasteiger partial charge in [0.25, 0.3) is 0 Å². The maximum atomic E-state index is 6.30. The number of nitrogens with one attached hydrogen (secondary N) is 2. The van der Waals surface area contributed by atoms with Gasteiger partial charge in [0.15, 0.2) is 0 Å². The Hall–Kier alpha value is -2.92. The average Bonchev–Trinajstić information content (AvgIpc) is 3.01. The van der Waals surface area contributed by atoms with Gasteiger partial charge in [-0.2, -0.15) is 0 Å². The Bertz CT molecular complexity index is 965. The second kappa shape index (κ2) is 5.70. The van der Waals surface area contributed by atoms with Crippen LogP contribution in [0.4, 0.5) is 11.6 Å². The largest absolute Gasteiger partial charge is 0.345 e. The number of H-pyrrole nitrogens is 1. The number of rotatable bonds is 3. The first-order valence-electron chi connectivity index (χ1n) is 6.99. The van der Waals surface area contributed by atoms with Gasteiger partial charge in [0.05, 0.1) is 16.9 Å². The van der Waals surface area contributed by atoms with E-state index in [1.807, 2.05) is 42.6 Å². The highest BCUT2D eigenvalue weighted by Gasteiger charge is 2.13. The van der Waals surface area contributed by atoms with Crippen LogP contribution in [0.25, 0.3) is 22.3 Å². The van der Waals surface area contributed by atoms with Gasteiger partial charge in [0, 0.05) is 29.0 Å². The zero-order valence-corrected chi connectivity index (χ0v) is 12.7. The molecule has 0 spiro atoms. The maximum Gasteiger partial charge on any atom is 0.227 e. The molecule has 3 heterocycles. The molecule has 0 amide bonds. The van der Waals surface area contributed by atoms with Gasteiger partial charge in [-0.1, -0.05) is 23.7 Å². The Balaban J connectivity index is 1.78. The van der Waals surface area contributed by atoms with E-state index in [4.69, 9.17) is 11.6 Å². The molecule has 4 aromatic rings. The molecule has 3 aromatic heterocycles. The van der Waals surface area contributed by atoms with Gasteiger partial charge in [-0.3, -0.25) is 0 Å². The Labute approximate surface area is 137 Å². The van der Waals surface area contributed by atoms with E-state index in [-0.39, 0.29) is 0 Å². The van der Waals surface area contributed by atoms with Gasteiger partial charge in [0.2, 0.25) is 5.95 Å². The quantitative estimate of drug-likeness (QED) is 0.593. The summed E-state index contributed by atoms with van der Waals surface area (Å²) in [5, 5.41) is 4.59. The molecular weight excluding hydrogens is 310 g/mol. The lowest BCUT2D eigenvalue weighted by atomic mass is 10.1. The third kappa shape index (κ3) is 2.62. The van der Waals surface area contributed by atoms with Gasteiger partial charge in [-0.15, -0.1) is 0 Å². The molecule has 5 nitrogen and oxygen atoms in total. The fourth-order valence-electron chi connectivity index (χ4n) is 2.37. The van der Waals surface area contributed by atoms with E-state index in [0.29, 0.717) is 16.7 Å². The molecule has 0 bridgehead atoms. The third-order valence-electron chi connectivity index (χ3n) is 3.41. The van der Waals surface area contributed by atoms with Crippen molar-refractivity contribution in [3.05, 3.63) is 66.1 Å². The first-order valence-corrected chi connectivity index (χ1v) is 7.37. The smallest absolute Gasteiger partial charge is 0.227 e. The highest BCUT2D eigenvalue weighted by atomic mass is 35.5. The van der Waals surface area contributed by atoms with Crippen LogP contribution in [0.3, 0.4) is 0 Å². The molecule has 1 radical (unpaired) electrons. The summed E-state index contributed by atoms with van der Waals surface area (Å²) in [6, 6.07) is 14.3. The zero-order valence-electron chi connectivity index (χ0n) is 11.9. The Kier molecular flexibility index (Phi) is 3.40. The summed E-state index contributed by atoms with van der Waals surface area (Å²) in [5.41, 5.74) is 3.21. The van der Waals surface area contributed by atoms with E-state index in [9.17, 15) is 0 Å². The predicted octanol–water partition coefficient (Wildman–Crippen LogP) is 4.22. The van der Waals surface area contributed by atoms with E-state index in [2.05, 4.69) is 31.3 Å². The van der Waals surface area contributed by atoms with Crippen molar-refractivity contribution in [2.45, 2.75) is 0 Å². The number of hydrogen-bond donors (Lipinski definition) is 2. The van der Waals surface area contributed by atoms with Crippen LogP contribution < -0.4 is 5.32 Å². The predicted molar refractivity (Wildman–Crippen MR) is 90.7 cm³/mol. The van der Waals surface area contributed by atoms with Crippen LogP contribution in [-0.4, -0.2) is 19.9 Å². The number of hydrogen-bond acceptors (Lipinski definition) is 4. The summed E-state index contributed by atoms with van der Waals surface area (Å²) in [5.74, 6) is 0.474. The molecule has 6 heteroatoms. The average molecular weight is 321 g/mol. The number of pyridine rings is 1. The Morgan fingerprint density at radius 3 is 3.00 bits per heavy atom. The van der Waals surface area contributed by atoms with Gasteiger partial charge in [-0.05, 0) is 30.3 Å². The van der Waals surface area contributed by atoms with Crippen LogP contribution in [0.5, 0.6) is 0 Å². The molecule has 0 aliphatic rings. The zero-order chi connectivity index (χ0) is 15.6. The number of aromatic nitrogens is 4. The molecule has 2 N–H and O–H groups in total. The summed E-state index contributed by atoms with van der Waals surface area (Å²) in [6.07, 6.45) is 5.18. The molecule has 111 valence electrons. The molecule has 4 rings (SSSR count). The van der Waals surface area contributed by atoms with Crippen molar-refractivity contribution in [3.8, 4) is 11.3 Å². The van der Waals surface area contributed by atoms with Crippen molar-refractivity contribution in [1.82, 2.24) is 19.9 Å². The molecule has 0 unspecified atom stereocenters. The lowest BCUT2D eigenvalue weighted by Gasteiger charge is -2.07. The highest BCUT2D eigenvalue weighted by Crippen LogP contribution is 2.31. The normalized spacial score (nSPS) is 10.8. The maximum absolute atomic E-state index is 6.30. The highest BCUT2D eigenvalue weighted by molar-refractivity contribution is 6.33. The molecular formula is C17H11ClN5. The number of anilines is 2.